The number of allylic oxidation sites excluding steroid dienone is 1. The molecule has 1 aliphatic heterocycles. The molecule has 42 heavy (non-hydrogen) atoms. The average Bonchev–Trinajstić information content (AvgIpc) is 3.59. The summed E-state index contributed by atoms with van der Waals surface area (Å²) in [6.07, 6.45) is 1.63. The van der Waals surface area contributed by atoms with E-state index in [2.05, 4.69) is 4.99 Å². The first-order valence-electron chi connectivity index (χ1n) is 13.0. The van der Waals surface area contributed by atoms with Gasteiger partial charge in [-0.3, -0.25) is 9.36 Å². The molecule has 2 aromatic carbocycles. The Balaban J connectivity index is 1.62. The average molecular weight is 589 g/mol. The molecule has 11 heteroatoms. The summed E-state index contributed by atoms with van der Waals surface area (Å²) in [5.41, 5.74) is 2.06. The van der Waals surface area contributed by atoms with Crippen LogP contribution in [-0.2, 0) is 14.3 Å². The van der Waals surface area contributed by atoms with E-state index >= 15 is 0 Å². The third-order valence-corrected chi connectivity index (χ3v) is 7.69. The molecule has 0 radical (unpaired) electrons. The highest BCUT2D eigenvalue weighted by Crippen LogP contribution is 2.36. The number of nitrogens with zero attached hydrogens (tertiary/aromatic N) is 2. The van der Waals surface area contributed by atoms with Gasteiger partial charge in [0.05, 0.1) is 55.3 Å². The van der Waals surface area contributed by atoms with Crippen molar-refractivity contribution in [1.29, 1.82) is 0 Å². The second kappa shape index (κ2) is 11.9. The van der Waals surface area contributed by atoms with Gasteiger partial charge in [-0.05, 0) is 55.8 Å². The van der Waals surface area contributed by atoms with Crippen molar-refractivity contribution in [3.63, 3.8) is 0 Å². The van der Waals surface area contributed by atoms with E-state index in [0.29, 0.717) is 54.7 Å². The monoisotopic (exact) mass is 588 g/mol. The van der Waals surface area contributed by atoms with E-state index in [1.807, 2.05) is 6.07 Å². The van der Waals surface area contributed by atoms with Gasteiger partial charge in [-0.25, -0.2) is 14.6 Å². The van der Waals surface area contributed by atoms with Crippen LogP contribution in [0.5, 0.6) is 11.5 Å². The zero-order valence-corrected chi connectivity index (χ0v) is 24.4. The van der Waals surface area contributed by atoms with E-state index < -0.39 is 18.0 Å². The van der Waals surface area contributed by atoms with Crippen molar-refractivity contribution in [2.24, 2.45) is 4.99 Å². The minimum Gasteiger partial charge on any atom is -0.493 e. The van der Waals surface area contributed by atoms with E-state index in [0.717, 1.165) is 0 Å². The molecule has 216 valence electrons. The number of benzene rings is 2. The molecule has 1 aliphatic rings. The van der Waals surface area contributed by atoms with Gasteiger partial charge in [0, 0.05) is 11.6 Å². The molecule has 1 atom stereocenters. The topological polar surface area (TPSA) is 119 Å². The predicted octanol–water partition coefficient (Wildman–Crippen LogP) is 3.86. The van der Waals surface area contributed by atoms with Gasteiger partial charge in [-0.1, -0.05) is 29.5 Å². The maximum atomic E-state index is 13.9. The zero-order chi connectivity index (χ0) is 30.0. The molecule has 0 saturated carbocycles. The molecule has 0 spiro atoms. The number of methoxy groups -OCH3 is 3. The Morgan fingerprint density at radius 2 is 1.81 bits per heavy atom. The highest BCUT2D eigenvalue weighted by atomic mass is 32.1. The van der Waals surface area contributed by atoms with Gasteiger partial charge in [0.1, 0.15) is 11.5 Å². The van der Waals surface area contributed by atoms with Gasteiger partial charge >= 0.3 is 11.9 Å². The van der Waals surface area contributed by atoms with Gasteiger partial charge in [0.2, 0.25) is 0 Å². The van der Waals surface area contributed by atoms with Crippen molar-refractivity contribution in [1.82, 2.24) is 4.57 Å². The SMILES string of the molecule is CCOC(=O)C1=C(C)N=c2s/c(=C/c3ccc(-c4cccc(C(=O)OC)c4)o3)c(=O)n2[C@H]1c1ccc(OC)c(OC)c1. The Morgan fingerprint density at radius 1 is 1.02 bits per heavy atom. The number of aromatic nitrogens is 1. The summed E-state index contributed by atoms with van der Waals surface area (Å²) in [4.78, 5) is 44.0. The molecular weight excluding hydrogens is 560 g/mol. The Morgan fingerprint density at radius 3 is 2.52 bits per heavy atom. The van der Waals surface area contributed by atoms with Crippen LogP contribution in [0.1, 0.15) is 41.6 Å². The van der Waals surface area contributed by atoms with E-state index in [9.17, 15) is 14.4 Å². The summed E-state index contributed by atoms with van der Waals surface area (Å²) in [6.45, 7) is 3.61. The second-order valence-corrected chi connectivity index (χ2v) is 10.2. The first kappa shape index (κ1) is 28.6. The number of fused-ring (bicyclic) bond motifs is 1. The largest absolute Gasteiger partial charge is 0.493 e. The summed E-state index contributed by atoms with van der Waals surface area (Å²) >= 11 is 1.18. The van der Waals surface area contributed by atoms with Crippen molar-refractivity contribution < 1.29 is 33.0 Å². The standard InChI is InChI=1S/C31H28N2O8S/c1-6-40-30(36)26-17(2)32-31-33(27(26)19-10-12-23(37-3)24(15-19)38-4)28(34)25(42-31)16-21-11-13-22(41-21)18-8-7-9-20(14-18)29(35)39-5/h7-16,27H,6H2,1-5H3/b25-16+/t27-/m0/s1. The first-order chi connectivity index (χ1) is 20.3. The molecule has 0 N–H and O–H groups in total. The zero-order valence-electron chi connectivity index (χ0n) is 23.6. The van der Waals surface area contributed by atoms with Crippen molar-refractivity contribution in [2.45, 2.75) is 19.9 Å². The Hall–Kier alpha value is -4.90. The van der Waals surface area contributed by atoms with Gasteiger partial charge < -0.3 is 23.4 Å². The Bertz CT molecular complexity index is 1900. The fourth-order valence-electron chi connectivity index (χ4n) is 4.76. The highest BCUT2D eigenvalue weighted by Gasteiger charge is 2.34. The van der Waals surface area contributed by atoms with Crippen LogP contribution in [0.2, 0.25) is 0 Å². The number of hydrogen-bond donors (Lipinski definition) is 0. The fraction of sp³-hybridized carbons (Fsp3) is 0.226. The number of furan rings is 1. The maximum Gasteiger partial charge on any atom is 0.338 e. The van der Waals surface area contributed by atoms with Crippen molar-refractivity contribution in [3.8, 4) is 22.8 Å². The van der Waals surface area contributed by atoms with Crippen LogP contribution in [0.4, 0.5) is 0 Å². The molecule has 0 unspecified atom stereocenters. The van der Waals surface area contributed by atoms with Gasteiger partial charge in [-0.15, -0.1) is 0 Å². The minimum atomic E-state index is -0.810. The third-order valence-electron chi connectivity index (χ3n) is 6.71. The highest BCUT2D eigenvalue weighted by molar-refractivity contribution is 7.07. The molecule has 10 nitrogen and oxygen atoms in total. The summed E-state index contributed by atoms with van der Waals surface area (Å²) in [6, 6.07) is 14.8. The van der Waals surface area contributed by atoms with Crippen LogP contribution in [0.15, 0.2) is 80.1 Å². The molecule has 0 fully saturated rings. The quantitative estimate of drug-likeness (QED) is 0.285. The number of carbonyl (C=O) groups excluding carboxylic acids is 2. The summed E-state index contributed by atoms with van der Waals surface area (Å²) in [5.74, 6) is 0.905. The van der Waals surface area contributed by atoms with E-state index in [1.54, 1.807) is 68.5 Å². The van der Waals surface area contributed by atoms with Gasteiger partial charge in [-0.2, -0.15) is 0 Å². The van der Waals surface area contributed by atoms with Crippen molar-refractivity contribution >= 4 is 29.4 Å². The summed E-state index contributed by atoms with van der Waals surface area (Å²) < 4.78 is 28.9. The fourth-order valence-corrected chi connectivity index (χ4v) is 5.79. The van der Waals surface area contributed by atoms with E-state index in [1.165, 1.54) is 37.2 Å². The number of esters is 2. The van der Waals surface area contributed by atoms with Crippen LogP contribution in [0.25, 0.3) is 17.4 Å². The molecule has 5 rings (SSSR count). The number of rotatable bonds is 8. The summed E-state index contributed by atoms with van der Waals surface area (Å²) in [5, 5.41) is 0. The molecule has 0 amide bonds. The van der Waals surface area contributed by atoms with Crippen molar-refractivity contribution in [3.05, 3.63) is 102 Å². The van der Waals surface area contributed by atoms with E-state index in [4.69, 9.17) is 23.4 Å². The van der Waals surface area contributed by atoms with Crippen LogP contribution in [0.3, 0.4) is 0 Å². The maximum absolute atomic E-state index is 13.9. The molecule has 2 aromatic heterocycles. The first-order valence-corrected chi connectivity index (χ1v) is 13.8. The third kappa shape index (κ3) is 5.26. The lowest BCUT2D eigenvalue weighted by Gasteiger charge is -2.25. The number of carbonyl (C=O) groups is 2. The van der Waals surface area contributed by atoms with Crippen LogP contribution in [0, 0.1) is 0 Å². The summed E-state index contributed by atoms with van der Waals surface area (Å²) in [7, 11) is 4.37. The van der Waals surface area contributed by atoms with Crippen molar-refractivity contribution in [2.75, 3.05) is 27.9 Å². The number of hydrogen-bond acceptors (Lipinski definition) is 10. The van der Waals surface area contributed by atoms with Crippen LogP contribution in [-0.4, -0.2) is 44.4 Å². The van der Waals surface area contributed by atoms with Crippen LogP contribution >= 0.6 is 11.3 Å². The lowest BCUT2D eigenvalue weighted by molar-refractivity contribution is -0.139. The normalized spacial score (nSPS) is 14.7. The molecule has 0 aliphatic carbocycles. The molecule has 4 aromatic rings. The van der Waals surface area contributed by atoms with Crippen LogP contribution < -0.4 is 24.4 Å². The van der Waals surface area contributed by atoms with Gasteiger partial charge in [0.25, 0.3) is 5.56 Å². The Labute approximate surface area is 244 Å². The molecule has 0 saturated heterocycles. The predicted molar refractivity (Wildman–Crippen MR) is 155 cm³/mol. The Kier molecular flexibility index (Phi) is 8.12. The lowest BCUT2D eigenvalue weighted by atomic mass is 9.95. The van der Waals surface area contributed by atoms with E-state index in [-0.39, 0.29) is 17.7 Å². The molecular formula is C31H28N2O8S. The molecule has 0 bridgehead atoms. The molecule has 3 heterocycles. The lowest BCUT2D eigenvalue weighted by Crippen LogP contribution is -2.39. The van der Waals surface area contributed by atoms with Gasteiger partial charge in [0.15, 0.2) is 16.3 Å². The smallest absolute Gasteiger partial charge is 0.338 e. The minimum absolute atomic E-state index is 0.169. The number of ether oxygens (including phenoxy) is 4. The number of thiazole rings is 1. The second-order valence-electron chi connectivity index (χ2n) is 9.19.